The highest BCUT2D eigenvalue weighted by atomic mass is 32.2. The van der Waals surface area contributed by atoms with E-state index in [9.17, 15) is 13.2 Å². The molecule has 0 atom stereocenters. The molecule has 1 aliphatic carbocycles. The molecule has 0 N–H and O–H groups in total. The summed E-state index contributed by atoms with van der Waals surface area (Å²) in [7, 11) is -2.19. The minimum absolute atomic E-state index is 0.124. The second kappa shape index (κ2) is 8.75. The zero-order valence-corrected chi connectivity index (χ0v) is 16.8. The van der Waals surface area contributed by atoms with Crippen molar-refractivity contribution in [3.8, 4) is 11.5 Å². The third-order valence-electron chi connectivity index (χ3n) is 4.28. The molecule has 26 heavy (non-hydrogen) atoms. The molecular formula is C19H29NO5S. The molecule has 1 saturated carbocycles. The molecule has 0 aliphatic heterocycles. The van der Waals surface area contributed by atoms with Gasteiger partial charge in [-0.25, -0.2) is 0 Å². The fraction of sp³-hybridized carbons (Fsp3) is 0.632. The number of hydrogen-bond donors (Lipinski definition) is 0. The summed E-state index contributed by atoms with van der Waals surface area (Å²) in [5.74, 6) is 1.41. The van der Waals surface area contributed by atoms with Gasteiger partial charge in [-0.2, -0.15) is 8.42 Å². The maximum atomic E-state index is 12.6. The Balaban J connectivity index is 2.20. The third kappa shape index (κ3) is 6.20. The Morgan fingerprint density at radius 1 is 1.27 bits per heavy atom. The first-order valence-electron chi connectivity index (χ1n) is 9.11. The zero-order valence-electron chi connectivity index (χ0n) is 16.0. The van der Waals surface area contributed by atoms with Crippen molar-refractivity contribution in [2.45, 2.75) is 46.6 Å². The van der Waals surface area contributed by atoms with E-state index in [2.05, 4.69) is 0 Å². The Morgan fingerprint density at radius 2 is 1.96 bits per heavy atom. The van der Waals surface area contributed by atoms with Crippen LogP contribution in [-0.2, 0) is 21.5 Å². The summed E-state index contributed by atoms with van der Waals surface area (Å²) in [5, 5.41) is 0. The van der Waals surface area contributed by atoms with Crippen molar-refractivity contribution in [2.75, 3.05) is 19.4 Å². The highest BCUT2D eigenvalue weighted by molar-refractivity contribution is 7.87. The minimum Gasteiger partial charge on any atom is -0.493 e. The van der Waals surface area contributed by atoms with Crippen LogP contribution < -0.4 is 8.92 Å². The molecule has 0 unspecified atom stereocenters. The molecule has 1 aromatic rings. The van der Waals surface area contributed by atoms with Crippen molar-refractivity contribution in [3.05, 3.63) is 23.8 Å². The van der Waals surface area contributed by atoms with Crippen LogP contribution in [0.2, 0.25) is 0 Å². The number of ether oxygens (including phenoxy) is 1. The lowest BCUT2D eigenvalue weighted by atomic mass is 10.1. The van der Waals surface area contributed by atoms with Gasteiger partial charge in [0.2, 0.25) is 5.91 Å². The lowest BCUT2D eigenvalue weighted by molar-refractivity contribution is -0.132. The van der Waals surface area contributed by atoms with Crippen LogP contribution in [0.3, 0.4) is 0 Å². The first-order chi connectivity index (χ1) is 12.2. The number of methoxy groups -OCH3 is 1. The van der Waals surface area contributed by atoms with Crippen LogP contribution in [0.5, 0.6) is 11.5 Å². The summed E-state index contributed by atoms with van der Waals surface area (Å²) in [6.45, 7) is 6.77. The number of carbonyl (C=O) groups excluding carboxylic acids is 1. The van der Waals surface area contributed by atoms with E-state index in [0.717, 1.165) is 24.9 Å². The quantitative estimate of drug-likeness (QED) is 0.580. The molecule has 0 aromatic heterocycles. The van der Waals surface area contributed by atoms with E-state index in [0.29, 0.717) is 30.6 Å². The summed E-state index contributed by atoms with van der Waals surface area (Å²) in [6, 6.07) is 5.17. The van der Waals surface area contributed by atoms with Gasteiger partial charge in [-0.05, 0) is 49.3 Å². The smallest absolute Gasteiger partial charge is 0.309 e. The lowest BCUT2D eigenvalue weighted by Gasteiger charge is -2.24. The molecule has 6 nitrogen and oxygen atoms in total. The lowest BCUT2D eigenvalue weighted by Crippen LogP contribution is -2.33. The minimum atomic E-state index is -3.65. The van der Waals surface area contributed by atoms with Gasteiger partial charge in [-0.15, -0.1) is 0 Å². The highest BCUT2D eigenvalue weighted by Gasteiger charge is 2.27. The molecule has 1 amide bonds. The van der Waals surface area contributed by atoms with Crippen LogP contribution in [0, 0.1) is 11.8 Å². The van der Waals surface area contributed by atoms with Gasteiger partial charge in [0, 0.05) is 19.5 Å². The van der Waals surface area contributed by atoms with E-state index in [-0.39, 0.29) is 17.4 Å². The number of benzene rings is 1. The molecule has 0 spiro atoms. The number of carbonyl (C=O) groups is 1. The molecule has 1 aliphatic rings. The summed E-state index contributed by atoms with van der Waals surface area (Å²) in [6.07, 6.45) is 2.84. The monoisotopic (exact) mass is 383 g/mol. The highest BCUT2D eigenvalue weighted by Crippen LogP contribution is 2.32. The summed E-state index contributed by atoms with van der Waals surface area (Å²) >= 11 is 0. The van der Waals surface area contributed by atoms with Crippen molar-refractivity contribution in [1.29, 1.82) is 0 Å². The van der Waals surface area contributed by atoms with Gasteiger partial charge in [-0.3, -0.25) is 4.79 Å². The number of rotatable bonds is 10. The topological polar surface area (TPSA) is 72.9 Å². The molecule has 146 valence electrons. The molecule has 0 saturated heterocycles. The van der Waals surface area contributed by atoms with E-state index in [4.69, 9.17) is 8.92 Å². The number of nitrogens with zero attached hydrogens (tertiary/aromatic N) is 1. The van der Waals surface area contributed by atoms with Crippen molar-refractivity contribution >= 4 is 16.0 Å². The Bertz CT molecular complexity index is 725. The van der Waals surface area contributed by atoms with Gasteiger partial charge in [0.15, 0.2) is 11.5 Å². The Labute approximate surface area is 156 Å². The van der Waals surface area contributed by atoms with Crippen LogP contribution in [0.25, 0.3) is 0 Å². The van der Waals surface area contributed by atoms with Crippen LogP contribution in [0.15, 0.2) is 18.2 Å². The van der Waals surface area contributed by atoms with Crippen LogP contribution in [-0.4, -0.2) is 38.6 Å². The predicted octanol–water partition coefficient (Wildman–Crippen LogP) is 3.21. The number of hydrogen-bond acceptors (Lipinski definition) is 5. The molecule has 1 aromatic carbocycles. The zero-order chi connectivity index (χ0) is 19.3. The summed E-state index contributed by atoms with van der Waals surface area (Å²) < 4.78 is 34.0. The van der Waals surface area contributed by atoms with E-state index in [1.54, 1.807) is 12.1 Å². The summed E-state index contributed by atoms with van der Waals surface area (Å²) in [5.41, 5.74) is 0.824. The van der Waals surface area contributed by atoms with E-state index >= 15 is 0 Å². The fourth-order valence-electron chi connectivity index (χ4n) is 2.65. The van der Waals surface area contributed by atoms with Crippen molar-refractivity contribution in [3.63, 3.8) is 0 Å². The fourth-order valence-corrected chi connectivity index (χ4v) is 3.17. The predicted molar refractivity (Wildman–Crippen MR) is 101 cm³/mol. The SMILES string of the molecule is CCS(=O)(=O)Oc1cc(CN(CC2CC2)C(=O)CC(C)C)ccc1OC. The Hall–Kier alpha value is -1.76. The second-order valence-electron chi connectivity index (χ2n) is 7.23. The van der Waals surface area contributed by atoms with Gasteiger partial charge >= 0.3 is 10.1 Å². The maximum absolute atomic E-state index is 12.6. The Morgan fingerprint density at radius 3 is 2.50 bits per heavy atom. The van der Waals surface area contributed by atoms with Gasteiger partial charge in [-0.1, -0.05) is 19.9 Å². The second-order valence-corrected chi connectivity index (χ2v) is 9.09. The standard InChI is InChI=1S/C19H29NO5S/c1-5-26(22,23)25-18-11-16(8-9-17(18)24-4)13-20(12-15-6-7-15)19(21)10-14(2)3/h8-9,11,14-15H,5-7,10,12-13H2,1-4H3. The van der Waals surface area contributed by atoms with E-state index < -0.39 is 10.1 Å². The van der Waals surface area contributed by atoms with Gasteiger partial charge in [0.05, 0.1) is 12.9 Å². The molecule has 2 rings (SSSR count). The van der Waals surface area contributed by atoms with Gasteiger partial charge in [0.25, 0.3) is 0 Å². The van der Waals surface area contributed by atoms with E-state index in [1.165, 1.54) is 14.0 Å². The third-order valence-corrected chi connectivity index (χ3v) is 5.42. The van der Waals surface area contributed by atoms with Crippen molar-refractivity contribution < 1.29 is 22.1 Å². The number of amides is 1. The average Bonchev–Trinajstić information content (AvgIpc) is 3.37. The van der Waals surface area contributed by atoms with Crippen LogP contribution in [0.4, 0.5) is 0 Å². The molecule has 1 fully saturated rings. The molecule has 0 bridgehead atoms. The van der Waals surface area contributed by atoms with Gasteiger partial charge in [0.1, 0.15) is 0 Å². The maximum Gasteiger partial charge on any atom is 0.309 e. The first-order valence-corrected chi connectivity index (χ1v) is 10.7. The molecule has 7 heteroatoms. The molecule has 0 radical (unpaired) electrons. The van der Waals surface area contributed by atoms with Crippen molar-refractivity contribution in [1.82, 2.24) is 4.90 Å². The average molecular weight is 384 g/mol. The van der Waals surface area contributed by atoms with Crippen LogP contribution >= 0.6 is 0 Å². The summed E-state index contributed by atoms with van der Waals surface area (Å²) in [4.78, 5) is 14.5. The molecule has 0 heterocycles. The van der Waals surface area contributed by atoms with Crippen molar-refractivity contribution in [2.24, 2.45) is 11.8 Å². The largest absolute Gasteiger partial charge is 0.493 e. The Kier molecular flexibility index (Phi) is 6.92. The normalized spacial score (nSPS) is 14.3. The first kappa shape index (κ1) is 20.6. The van der Waals surface area contributed by atoms with Crippen LogP contribution in [0.1, 0.15) is 45.6 Å². The van der Waals surface area contributed by atoms with E-state index in [1.807, 2.05) is 24.8 Å². The van der Waals surface area contributed by atoms with Gasteiger partial charge < -0.3 is 13.8 Å². The molecular weight excluding hydrogens is 354 g/mol.